The van der Waals surface area contributed by atoms with Gasteiger partial charge in [-0.15, -0.1) is 11.8 Å². The second-order valence-corrected chi connectivity index (χ2v) is 9.73. The van der Waals surface area contributed by atoms with Gasteiger partial charge in [-0.1, -0.05) is 34.1 Å². The molecular formula is C24H25BrN6OS. The maximum Gasteiger partial charge on any atom is 0.320 e. The van der Waals surface area contributed by atoms with Crippen molar-refractivity contribution in [1.82, 2.24) is 15.1 Å². The van der Waals surface area contributed by atoms with E-state index in [1.165, 1.54) is 11.1 Å². The van der Waals surface area contributed by atoms with Crippen molar-refractivity contribution in [2.75, 3.05) is 18.1 Å². The summed E-state index contributed by atoms with van der Waals surface area (Å²) in [5.74, 6) is 1.15. The van der Waals surface area contributed by atoms with Gasteiger partial charge in [0, 0.05) is 40.2 Å². The van der Waals surface area contributed by atoms with Crippen molar-refractivity contribution in [3.8, 4) is 5.69 Å². The number of benzene rings is 2. The van der Waals surface area contributed by atoms with Gasteiger partial charge >= 0.3 is 6.03 Å². The highest BCUT2D eigenvalue weighted by Crippen LogP contribution is 2.37. The van der Waals surface area contributed by atoms with Gasteiger partial charge in [0.1, 0.15) is 5.82 Å². The summed E-state index contributed by atoms with van der Waals surface area (Å²) in [6.45, 7) is 1.90. The van der Waals surface area contributed by atoms with Crippen LogP contribution < -0.4 is 10.6 Å². The lowest BCUT2D eigenvalue weighted by atomic mass is 10.0. The first-order valence-electron chi connectivity index (χ1n) is 10.6. The maximum absolute atomic E-state index is 13.1. The number of nitrogens with zero attached hydrogens (tertiary/aromatic N) is 3. The third-order valence-electron chi connectivity index (χ3n) is 5.51. The molecule has 0 bridgehead atoms. The first-order chi connectivity index (χ1) is 16.0. The number of halogens is 1. The van der Waals surface area contributed by atoms with E-state index in [4.69, 9.17) is 10.5 Å². The number of carbonyl (C=O) groups is 1. The Morgan fingerprint density at radius 3 is 2.85 bits per heavy atom. The third-order valence-corrected chi connectivity index (χ3v) is 7.13. The smallest absolute Gasteiger partial charge is 0.320 e. The molecule has 0 saturated heterocycles. The van der Waals surface area contributed by atoms with E-state index in [2.05, 4.69) is 43.7 Å². The fourth-order valence-corrected chi connectivity index (χ4v) is 5.39. The van der Waals surface area contributed by atoms with E-state index in [0.717, 1.165) is 33.5 Å². The number of hydrogen-bond donors (Lipinski definition) is 3. The number of carbonyl (C=O) groups excluding carboxylic acids is 1. The number of anilines is 1. The zero-order valence-electron chi connectivity index (χ0n) is 18.4. The first-order valence-corrected chi connectivity index (χ1v) is 12.4. The lowest BCUT2D eigenvalue weighted by Gasteiger charge is -2.26. The zero-order chi connectivity index (χ0) is 23.4. The number of para-hydroxylation sites is 1. The second kappa shape index (κ2) is 10.4. The molecule has 2 unspecified atom stereocenters. The molecule has 1 aliphatic heterocycles. The van der Waals surface area contributed by atoms with Gasteiger partial charge in [-0.05, 0) is 49.2 Å². The van der Waals surface area contributed by atoms with Gasteiger partial charge in [0.25, 0.3) is 0 Å². The molecule has 2 heterocycles. The van der Waals surface area contributed by atoms with Crippen LogP contribution >= 0.6 is 27.7 Å². The van der Waals surface area contributed by atoms with Crippen LogP contribution in [0.15, 0.2) is 62.9 Å². The lowest BCUT2D eigenvalue weighted by molar-refractivity contribution is 0.248. The predicted octanol–water partition coefficient (Wildman–Crippen LogP) is 5.74. The molecule has 4 rings (SSSR count). The number of hydrogen-bond acceptors (Lipinski definition) is 5. The van der Waals surface area contributed by atoms with Crippen LogP contribution in [0.3, 0.4) is 0 Å². The fourth-order valence-electron chi connectivity index (χ4n) is 3.90. The van der Waals surface area contributed by atoms with Gasteiger partial charge in [0.2, 0.25) is 0 Å². The van der Waals surface area contributed by atoms with Crippen LogP contribution in [0.4, 0.5) is 10.6 Å². The van der Waals surface area contributed by atoms with E-state index in [1.54, 1.807) is 17.9 Å². The summed E-state index contributed by atoms with van der Waals surface area (Å²) >= 11 is 5.35. The van der Waals surface area contributed by atoms with Crippen LogP contribution in [0.5, 0.6) is 0 Å². The average molecular weight is 525 g/mol. The van der Waals surface area contributed by atoms with Gasteiger partial charge in [-0.25, -0.2) is 9.48 Å². The van der Waals surface area contributed by atoms with E-state index in [1.807, 2.05) is 55.1 Å². The molecule has 0 radical (unpaired) electrons. The van der Waals surface area contributed by atoms with E-state index in [0.29, 0.717) is 11.5 Å². The molecule has 2 atom stereocenters. The number of aliphatic imine (C=N–C) groups is 1. The number of nitrogens with one attached hydrogen (secondary N) is 3. The van der Waals surface area contributed by atoms with Crippen molar-refractivity contribution in [3.05, 3.63) is 69.8 Å². The largest absolute Gasteiger partial charge is 0.331 e. The van der Waals surface area contributed by atoms with Crippen molar-refractivity contribution in [2.45, 2.75) is 30.2 Å². The molecular weight excluding hydrogens is 500 g/mol. The number of rotatable bonds is 6. The normalized spacial score (nSPS) is 16.3. The Balaban J connectivity index is 1.65. The van der Waals surface area contributed by atoms with E-state index in [9.17, 15) is 4.79 Å². The molecule has 3 N–H and O–H groups in total. The topological polar surface area (TPSA) is 95.2 Å². The highest BCUT2D eigenvalue weighted by molar-refractivity contribution is 9.10. The van der Waals surface area contributed by atoms with Gasteiger partial charge in [-0.2, -0.15) is 5.10 Å². The molecule has 1 aliphatic rings. The molecule has 2 amide bonds. The summed E-state index contributed by atoms with van der Waals surface area (Å²) in [6, 6.07) is 15.5. The zero-order valence-corrected chi connectivity index (χ0v) is 20.8. The number of aromatic nitrogens is 2. The molecule has 1 aromatic heterocycles. The average Bonchev–Trinajstić information content (AvgIpc) is 3.14. The lowest BCUT2D eigenvalue weighted by Crippen LogP contribution is -2.34. The van der Waals surface area contributed by atoms with Crippen molar-refractivity contribution in [1.29, 1.82) is 5.41 Å². The van der Waals surface area contributed by atoms with Crippen LogP contribution in [0.1, 0.15) is 35.2 Å². The summed E-state index contributed by atoms with van der Waals surface area (Å²) in [4.78, 5) is 18.4. The monoisotopic (exact) mass is 524 g/mol. The summed E-state index contributed by atoms with van der Waals surface area (Å²) < 4.78 is 2.71. The SMILES string of the molecule is CN=CC(C=N)c1nn(-c2ccccc2)c(NC(=O)NC2CCSc3ccc(Br)cc32)c1C. The Kier molecular flexibility index (Phi) is 7.29. The van der Waals surface area contributed by atoms with Crippen LogP contribution in [-0.2, 0) is 0 Å². The summed E-state index contributed by atoms with van der Waals surface area (Å²) in [6.07, 6.45) is 3.83. The Bertz CT molecular complexity index is 1190. The number of fused-ring (bicyclic) bond motifs is 1. The van der Waals surface area contributed by atoms with Crippen LogP contribution in [-0.4, -0.2) is 41.0 Å². The van der Waals surface area contributed by atoms with Gasteiger partial charge in [-0.3, -0.25) is 10.3 Å². The minimum absolute atomic E-state index is 0.0758. The van der Waals surface area contributed by atoms with Crippen LogP contribution in [0.25, 0.3) is 5.69 Å². The molecule has 0 saturated carbocycles. The predicted molar refractivity (Wildman–Crippen MR) is 139 cm³/mol. The van der Waals surface area contributed by atoms with Crippen LogP contribution in [0, 0.1) is 12.3 Å². The van der Waals surface area contributed by atoms with E-state index < -0.39 is 0 Å². The fraction of sp³-hybridized carbons (Fsp3) is 0.250. The maximum atomic E-state index is 13.1. The van der Waals surface area contributed by atoms with Gasteiger partial charge < -0.3 is 10.7 Å². The third kappa shape index (κ3) is 5.04. The summed E-state index contributed by atoms with van der Waals surface area (Å²) in [5.41, 5.74) is 3.42. The Hall–Kier alpha value is -2.91. The number of thioether (sulfide) groups is 1. The highest BCUT2D eigenvalue weighted by Gasteiger charge is 2.25. The molecule has 0 spiro atoms. The number of urea groups is 1. The van der Waals surface area contributed by atoms with Crippen molar-refractivity contribution < 1.29 is 4.79 Å². The van der Waals surface area contributed by atoms with Crippen molar-refractivity contribution in [2.24, 2.45) is 4.99 Å². The van der Waals surface area contributed by atoms with Crippen LogP contribution in [0.2, 0.25) is 0 Å². The first kappa shape index (κ1) is 23.3. The minimum atomic E-state index is -0.372. The van der Waals surface area contributed by atoms with E-state index >= 15 is 0 Å². The van der Waals surface area contributed by atoms with Crippen molar-refractivity contribution >= 4 is 52.0 Å². The van der Waals surface area contributed by atoms with E-state index in [-0.39, 0.29) is 18.0 Å². The standard InChI is InChI=1S/C24H25BrN6OS/c1-15-22(16(13-26)14-27-2)30-31(18-6-4-3-5-7-18)23(15)29-24(32)28-20-10-11-33-21-9-8-17(25)12-19(20)21/h3-9,12-14,16,20,26H,10-11H2,1-2H3,(H2,28,29,32). The summed E-state index contributed by atoms with van der Waals surface area (Å²) in [7, 11) is 1.67. The van der Waals surface area contributed by atoms with Crippen molar-refractivity contribution in [3.63, 3.8) is 0 Å². The highest BCUT2D eigenvalue weighted by atomic mass is 79.9. The molecule has 33 heavy (non-hydrogen) atoms. The molecule has 3 aromatic rings. The molecule has 7 nitrogen and oxygen atoms in total. The quantitative estimate of drug-likeness (QED) is 0.359. The molecule has 9 heteroatoms. The number of amides is 2. The van der Waals surface area contributed by atoms with Gasteiger partial charge in [0.15, 0.2) is 0 Å². The Labute approximate surface area is 205 Å². The minimum Gasteiger partial charge on any atom is -0.331 e. The Morgan fingerprint density at radius 2 is 2.12 bits per heavy atom. The molecule has 0 aliphatic carbocycles. The molecule has 170 valence electrons. The molecule has 0 fully saturated rings. The second-order valence-electron chi connectivity index (χ2n) is 7.68. The van der Waals surface area contributed by atoms with Gasteiger partial charge in [0.05, 0.1) is 23.3 Å². The Morgan fingerprint density at radius 1 is 1.33 bits per heavy atom. The summed E-state index contributed by atoms with van der Waals surface area (Å²) in [5, 5.41) is 18.7. The molecule has 2 aromatic carbocycles.